The molecule has 88 valence electrons. The molecule has 0 radical (unpaired) electrons. The van der Waals surface area contributed by atoms with Crippen molar-refractivity contribution in [3.8, 4) is 0 Å². The fraction of sp³-hybridized carbons (Fsp3) is 1.00. The first-order valence-corrected chi connectivity index (χ1v) is 6.09. The first kappa shape index (κ1) is 21.2. The molecule has 0 atom stereocenters. The fourth-order valence-electron chi connectivity index (χ4n) is 2.57. The van der Waals surface area contributed by atoms with Crippen LogP contribution >= 0.6 is 0 Å². The maximum atomic E-state index is 2.31. The normalized spacial score (nSPS) is 10.4. The summed E-state index contributed by atoms with van der Waals surface area (Å²) in [5, 5.41) is 0. The molecular weight excluding hydrogens is 197 g/mol. The molecular formula is C12H30NNaO+2. The van der Waals surface area contributed by atoms with Crippen molar-refractivity contribution in [1.82, 2.24) is 0 Å². The van der Waals surface area contributed by atoms with Crippen LogP contribution in [0.5, 0.6) is 0 Å². The van der Waals surface area contributed by atoms with Gasteiger partial charge in [0.25, 0.3) is 0 Å². The zero-order valence-electron chi connectivity index (χ0n) is 11.6. The van der Waals surface area contributed by atoms with E-state index in [9.17, 15) is 0 Å². The van der Waals surface area contributed by atoms with Crippen molar-refractivity contribution in [2.45, 2.75) is 53.4 Å². The molecule has 0 aliphatic carbocycles. The predicted molar refractivity (Wildman–Crippen MR) is 64.5 cm³/mol. The van der Waals surface area contributed by atoms with E-state index in [1.54, 1.807) is 0 Å². The molecule has 0 aromatic heterocycles. The monoisotopic (exact) mass is 227 g/mol. The van der Waals surface area contributed by atoms with Crippen LogP contribution in [0.3, 0.4) is 0 Å². The van der Waals surface area contributed by atoms with Crippen molar-refractivity contribution in [2.75, 3.05) is 26.2 Å². The van der Waals surface area contributed by atoms with Gasteiger partial charge in [-0.05, 0) is 25.7 Å². The Morgan fingerprint density at radius 3 is 0.933 bits per heavy atom. The SMILES string of the molecule is CCC[N+](CCC)(CCC)CCC.O.[Na+]. The molecule has 0 aromatic carbocycles. The summed E-state index contributed by atoms with van der Waals surface area (Å²) in [5.41, 5.74) is 0. The minimum Gasteiger partial charge on any atom is -0.412 e. The minimum atomic E-state index is 0. The number of rotatable bonds is 8. The second kappa shape index (κ2) is 13.0. The number of hydrogen-bond acceptors (Lipinski definition) is 0. The molecule has 0 bridgehead atoms. The van der Waals surface area contributed by atoms with Crippen LogP contribution in [-0.4, -0.2) is 36.1 Å². The molecule has 0 saturated heterocycles. The number of nitrogens with zero attached hydrogens (tertiary/aromatic N) is 1. The van der Waals surface area contributed by atoms with E-state index >= 15 is 0 Å². The van der Waals surface area contributed by atoms with Gasteiger partial charge in [0.2, 0.25) is 0 Å². The first-order chi connectivity index (χ1) is 6.24. The van der Waals surface area contributed by atoms with E-state index < -0.39 is 0 Å². The van der Waals surface area contributed by atoms with Crippen LogP contribution in [0.15, 0.2) is 0 Å². The Kier molecular flexibility index (Phi) is 18.4. The van der Waals surface area contributed by atoms with Crippen LogP contribution in [0.25, 0.3) is 0 Å². The van der Waals surface area contributed by atoms with Crippen LogP contribution in [0, 0.1) is 0 Å². The summed E-state index contributed by atoms with van der Waals surface area (Å²) in [6.07, 6.45) is 5.33. The molecule has 2 N–H and O–H groups in total. The van der Waals surface area contributed by atoms with E-state index in [0.29, 0.717) is 0 Å². The van der Waals surface area contributed by atoms with Gasteiger partial charge < -0.3 is 9.96 Å². The van der Waals surface area contributed by atoms with Gasteiger partial charge in [-0.2, -0.15) is 0 Å². The molecule has 0 amide bonds. The zero-order valence-corrected chi connectivity index (χ0v) is 13.6. The van der Waals surface area contributed by atoms with E-state index in [1.807, 2.05) is 0 Å². The number of quaternary nitrogens is 1. The van der Waals surface area contributed by atoms with Crippen LogP contribution in [0.2, 0.25) is 0 Å². The molecule has 0 aliphatic heterocycles. The first-order valence-electron chi connectivity index (χ1n) is 6.09. The third kappa shape index (κ3) is 8.70. The van der Waals surface area contributed by atoms with E-state index in [-0.39, 0.29) is 35.0 Å². The van der Waals surface area contributed by atoms with Gasteiger partial charge in [0, 0.05) is 0 Å². The Hall–Kier alpha value is 0.920. The van der Waals surface area contributed by atoms with Crippen molar-refractivity contribution in [1.29, 1.82) is 0 Å². The smallest absolute Gasteiger partial charge is 0.412 e. The van der Waals surface area contributed by atoms with E-state index in [4.69, 9.17) is 0 Å². The number of hydrogen-bond donors (Lipinski definition) is 0. The summed E-state index contributed by atoms with van der Waals surface area (Å²) in [6, 6.07) is 0. The molecule has 0 aromatic rings. The minimum absolute atomic E-state index is 0. The van der Waals surface area contributed by atoms with Gasteiger partial charge in [0.1, 0.15) is 0 Å². The summed E-state index contributed by atoms with van der Waals surface area (Å²) in [6.45, 7) is 14.8. The molecule has 0 saturated carbocycles. The van der Waals surface area contributed by atoms with Gasteiger partial charge in [0.05, 0.1) is 26.2 Å². The van der Waals surface area contributed by atoms with Crippen molar-refractivity contribution >= 4 is 0 Å². The third-order valence-electron chi connectivity index (χ3n) is 2.79. The van der Waals surface area contributed by atoms with Gasteiger partial charge in [-0.1, -0.05) is 27.7 Å². The molecule has 0 rings (SSSR count). The maximum Gasteiger partial charge on any atom is 1.00 e. The summed E-state index contributed by atoms with van der Waals surface area (Å²) in [7, 11) is 0. The summed E-state index contributed by atoms with van der Waals surface area (Å²) in [4.78, 5) is 0. The molecule has 0 fully saturated rings. The van der Waals surface area contributed by atoms with Crippen molar-refractivity contribution in [2.24, 2.45) is 0 Å². The Labute approximate surface area is 119 Å². The quantitative estimate of drug-likeness (QED) is 0.400. The summed E-state index contributed by atoms with van der Waals surface area (Å²) >= 11 is 0. The third-order valence-corrected chi connectivity index (χ3v) is 2.79. The topological polar surface area (TPSA) is 31.5 Å². The molecule has 3 heteroatoms. The average molecular weight is 227 g/mol. The van der Waals surface area contributed by atoms with E-state index in [2.05, 4.69) is 27.7 Å². The fourth-order valence-corrected chi connectivity index (χ4v) is 2.57. The Bertz CT molecular complexity index is 90.7. The molecule has 15 heavy (non-hydrogen) atoms. The Morgan fingerprint density at radius 1 is 0.600 bits per heavy atom. The van der Waals surface area contributed by atoms with Gasteiger partial charge in [0.15, 0.2) is 0 Å². The Morgan fingerprint density at radius 2 is 0.800 bits per heavy atom. The molecule has 0 spiro atoms. The van der Waals surface area contributed by atoms with Crippen LogP contribution in [0.1, 0.15) is 53.4 Å². The molecule has 2 nitrogen and oxygen atoms in total. The second-order valence-electron chi connectivity index (χ2n) is 4.24. The maximum absolute atomic E-state index is 2.31. The van der Waals surface area contributed by atoms with Crippen molar-refractivity contribution < 1.29 is 39.5 Å². The van der Waals surface area contributed by atoms with E-state index in [1.165, 1.54) is 56.3 Å². The van der Waals surface area contributed by atoms with Crippen LogP contribution in [-0.2, 0) is 0 Å². The van der Waals surface area contributed by atoms with Crippen LogP contribution < -0.4 is 29.6 Å². The predicted octanol–water partition coefficient (Wildman–Crippen LogP) is -0.377. The standard InChI is InChI=1S/C12H28N.Na.H2O/c1-5-9-13(10-6-2,11-7-3)12-8-4;;/h5-12H2,1-4H3;;1H2/q2*+1;. The Balaban J connectivity index is -0.000000720. The van der Waals surface area contributed by atoms with Gasteiger partial charge in [-0.15, -0.1) is 0 Å². The van der Waals surface area contributed by atoms with Crippen molar-refractivity contribution in [3.05, 3.63) is 0 Å². The molecule has 0 heterocycles. The van der Waals surface area contributed by atoms with Crippen molar-refractivity contribution in [3.63, 3.8) is 0 Å². The van der Waals surface area contributed by atoms with E-state index in [0.717, 1.165) is 0 Å². The molecule has 0 aliphatic rings. The van der Waals surface area contributed by atoms with Gasteiger partial charge >= 0.3 is 29.6 Å². The average Bonchev–Trinajstić information content (AvgIpc) is 2.06. The van der Waals surface area contributed by atoms with Gasteiger partial charge in [-0.25, -0.2) is 0 Å². The van der Waals surface area contributed by atoms with Gasteiger partial charge in [-0.3, -0.25) is 0 Å². The zero-order chi connectivity index (χ0) is 10.2. The summed E-state index contributed by atoms with van der Waals surface area (Å²) in [5.74, 6) is 0. The summed E-state index contributed by atoms with van der Waals surface area (Å²) < 4.78 is 1.38. The second-order valence-corrected chi connectivity index (χ2v) is 4.24. The largest absolute Gasteiger partial charge is 1.00 e. The van der Waals surface area contributed by atoms with Crippen LogP contribution in [0.4, 0.5) is 0 Å². The molecule has 0 unspecified atom stereocenters.